The van der Waals surface area contributed by atoms with Crippen LogP contribution in [-0.2, 0) is 10.2 Å². The monoisotopic (exact) mass is 490 g/mol. The number of aliphatic imine (C=N–C) groups is 1. The van der Waals surface area contributed by atoms with Gasteiger partial charge < -0.3 is 20.3 Å². The molecule has 8 heteroatoms. The Morgan fingerprint density at radius 3 is 2.63 bits per heavy atom. The molecule has 1 amide bonds. The third-order valence-electron chi connectivity index (χ3n) is 5.38. The highest BCUT2D eigenvalue weighted by Crippen LogP contribution is 2.47. The van der Waals surface area contributed by atoms with E-state index in [0.717, 1.165) is 43.8 Å². The topological polar surface area (TPSA) is 66.0 Å². The van der Waals surface area contributed by atoms with Gasteiger partial charge in [-0.25, -0.2) is 9.18 Å². The van der Waals surface area contributed by atoms with Crippen LogP contribution in [0.25, 0.3) is 0 Å². The zero-order chi connectivity index (χ0) is 18.6. The molecule has 0 radical (unpaired) electrons. The Morgan fingerprint density at radius 2 is 2.07 bits per heavy atom. The molecule has 0 spiro atoms. The highest BCUT2D eigenvalue weighted by Gasteiger charge is 2.44. The molecule has 1 aliphatic carbocycles. The lowest BCUT2D eigenvalue weighted by Crippen LogP contribution is -2.50. The van der Waals surface area contributed by atoms with E-state index >= 15 is 0 Å². The van der Waals surface area contributed by atoms with Crippen molar-refractivity contribution in [2.24, 2.45) is 4.99 Å². The van der Waals surface area contributed by atoms with E-state index in [1.807, 2.05) is 6.07 Å². The van der Waals surface area contributed by atoms with Gasteiger partial charge in [-0.3, -0.25) is 4.99 Å². The number of hydrogen-bond acceptors (Lipinski definition) is 3. The first kappa shape index (κ1) is 21.7. The average Bonchev–Trinajstić information content (AvgIpc) is 3.46. The number of likely N-dealkylation sites (tertiary alicyclic amines) is 1. The van der Waals surface area contributed by atoms with E-state index in [2.05, 4.69) is 15.6 Å². The van der Waals surface area contributed by atoms with E-state index < -0.39 is 0 Å². The smallest absolute Gasteiger partial charge is 0.409 e. The van der Waals surface area contributed by atoms with Crippen molar-refractivity contribution < 1.29 is 13.9 Å². The summed E-state index contributed by atoms with van der Waals surface area (Å²) in [6, 6.07) is 7.15. The van der Waals surface area contributed by atoms with Crippen molar-refractivity contribution in [3.05, 3.63) is 35.6 Å². The molecule has 1 heterocycles. The van der Waals surface area contributed by atoms with E-state index in [1.54, 1.807) is 24.1 Å². The summed E-state index contributed by atoms with van der Waals surface area (Å²) in [5, 5.41) is 6.83. The van der Waals surface area contributed by atoms with Gasteiger partial charge in [0.25, 0.3) is 0 Å². The molecule has 0 aromatic heterocycles. The summed E-state index contributed by atoms with van der Waals surface area (Å²) < 4.78 is 18.3. The van der Waals surface area contributed by atoms with Crippen LogP contribution in [0.4, 0.5) is 9.18 Å². The summed E-state index contributed by atoms with van der Waals surface area (Å²) in [5.41, 5.74) is 1.06. The number of carbonyl (C=O) groups excluding carboxylic acids is 1. The van der Waals surface area contributed by atoms with Crippen molar-refractivity contribution in [1.29, 1.82) is 0 Å². The quantitative estimate of drug-likeness (QED) is 0.387. The van der Waals surface area contributed by atoms with Gasteiger partial charge in [0.05, 0.1) is 7.11 Å². The third kappa shape index (κ3) is 5.46. The lowest BCUT2D eigenvalue weighted by atomic mass is 9.96. The molecule has 1 aliphatic heterocycles. The number of rotatable bonds is 4. The Balaban J connectivity index is 0.00000261. The number of methoxy groups -OCH3 is 1. The Hall–Kier alpha value is -1.58. The van der Waals surface area contributed by atoms with Crippen LogP contribution in [0.2, 0.25) is 0 Å². The maximum absolute atomic E-state index is 13.5. The molecule has 1 aromatic carbocycles. The number of nitrogens with one attached hydrogen (secondary N) is 2. The van der Waals surface area contributed by atoms with Gasteiger partial charge in [0.2, 0.25) is 0 Å². The van der Waals surface area contributed by atoms with Crippen LogP contribution < -0.4 is 10.6 Å². The number of guanidine groups is 1. The Kier molecular flexibility index (Phi) is 7.69. The zero-order valence-corrected chi connectivity index (χ0v) is 18.2. The van der Waals surface area contributed by atoms with Crippen molar-refractivity contribution in [3.8, 4) is 0 Å². The summed E-state index contributed by atoms with van der Waals surface area (Å²) in [6.07, 6.45) is 3.54. The fourth-order valence-corrected chi connectivity index (χ4v) is 3.51. The second kappa shape index (κ2) is 9.57. The van der Waals surface area contributed by atoms with Crippen molar-refractivity contribution in [2.45, 2.75) is 37.1 Å². The standard InChI is InChI=1S/C19H27FN4O2.HI/c1-21-17(23-16-6-10-24(11-7-16)18(25)26-2)22-13-19(8-9-19)14-4-3-5-15(20)12-14;/h3-5,12,16H,6-11,13H2,1-2H3,(H2,21,22,23);1H. The molecular weight excluding hydrogens is 462 g/mol. The largest absolute Gasteiger partial charge is 0.453 e. The Bertz CT molecular complexity index is 673. The fraction of sp³-hybridized carbons (Fsp3) is 0.579. The molecule has 0 bridgehead atoms. The number of benzene rings is 1. The van der Waals surface area contributed by atoms with Crippen LogP contribution in [0.3, 0.4) is 0 Å². The van der Waals surface area contributed by atoms with Crippen LogP contribution >= 0.6 is 24.0 Å². The first-order valence-corrected chi connectivity index (χ1v) is 9.12. The minimum atomic E-state index is -0.267. The number of ether oxygens (including phenoxy) is 1. The van der Waals surface area contributed by atoms with Gasteiger partial charge in [0, 0.05) is 38.1 Å². The van der Waals surface area contributed by atoms with E-state index in [-0.39, 0.29) is 47.3 Å². The van der Waals surface area contributed by atoms with Crippen LogP contribution in [0.15, 0.2) is 29.3 Å². The summed E-state index contributed by atoms with van der Waals surface area (Å²) in [5.74, 6) is 0.567. The predicted molar refractivity (Wildman–Crippen MR) is 114 cm³/mol. The van der Waals surface area contributed by atoms with Gasteiger partial charge in [-0.05, 0) is 43.4 Å². The van der Waals surface area contributed by atoms with Gasteiger partial charge in [0.1, 0.15) is 5.82 Å². The number of hydrogen-bond donors (Lipinski definition) is 2. The van der Waals surface area contributed by atoms with Crippen molar-refractivity contribution in [2.75, 3.05) is 33.8 Å². The van der Waals surface area contributed by atoms with Gasteiger partial charge in [0.15, 0.2) is 5.96 Å². The molecule has 2 N–H and O–H groups in total. The number of amides is 1. The molecule has 150 valence electrons. The highest BCUT2D eigenvalue weighted by atomic mass is 127. The van der Waals surface area contributed by atoms with Crippen molar-refractivity contribution in [1.82, 2.24) is 15.5 Å². The van der Waals surface area contributed by atoms with E-state index in [0.29, 0.717) is 13.1 Å². The second-order valence-electron chi connectivity index (χ2n) is 7.09. The van der Waals surface area contributed by atoms with Crippen molar-refractivity contribution in [3.63, 3.8) is 0 Å². The summed E-state index contributed by atoms with van der Waals surface area (Å²) in [7, 11) is 3.16. The second-order valence-corrected chi connectivity index (χ2v) is 7.09. The van der Waals surface area contributed by atoms with E-state index in [4.69, 9.17) is 4.74 Å². The molecule has 2 fully saturated rings. The van der Waals surface area contributed by atoms with E-state index in [9.17, 15) is 9.18 Å². The van der Waals surface area contributed by atoms with Crippen LogP contribution in [0, 0.1) is 5.82 Å². The summed E-state index contributed by atoms with van der Waals surface area (Å²) in [6.45, 7) is 2.08. The van der Waals surface area contributed by atoms with Crippen LogP contribution in [-0.4, -0.2) is 56.8 Å². The number of piperidine rings is 1. The lowest BCUT2D eigenvalue weighted by Gasteiger charge is -2.32. The lowest BCUT2D eigenvalue weighted by molar-refractivity contribution is 0.111. The van der Waals surface area contributed by atoms with Crippen LogP contribution in [0.5, 0.6) is 0 Å². The molecule has 27 heavy (non-hydrogen) atoms. The number of carbonyl (C=O) groups is 1. The van der Waals surface area contributed by atoms with Crippen molar-refractivity contribution >= 4 is 36.0 Å². The number of halogens is 2. The molecule has 1 saturated heterocycles. The number of nitrogens with zero attached hydrogens (tertiary/aromatic N) is 2. The SMILES string of the molecule is CN=C(NCC1(c2cccc(F)c2)CC1)NC1CCN(C(=O)OC)CC1.I. The minimum absolute atomic E-state index is 0. The Labute approximate surface area is 177 Å². The molecule has 0 unspecified atom stereocenters. The third-order valence-corrected chi connectivity index (χ3v) is 5.38. The average molecular weight is 490 g/mol. The fourth-order valence-electron chi connectivity index (χ4n) is 3.51. The van der Waals surface area contributed by atoms with E-state index in [1.165, 1.54) is 13.2 Å². The molecule has 3 rings (SSSR count). The normalized spacial score (nSPS) is 19.1. The molecule has 2 aliphatic rings. The summed E-state index contributed by atoms with van der Waals surface area (Å²) >= 11 is 0. The maximum Gasteiger partial charge on any atom is 0.409 e. The van der Waals surface area contributed by atoms with Gasteiger partial charge in [-0.1, -0.05) is 12.1 Å². The van der Waals surface area contributed by atoms with Crippen LogP contribution in [0.1, 0.15) is 31.2 Å². The maximum atomic E-state index is 13.5. The zero-order valence-electron chi connectivity index (χ0n) is 15.8. The first-order chi connectivity index (χ1) is 12.6. The summed E-state index contributed by atoms with van der Waals surface area (Å²) in [4.78, 5) is 17.6. The van der Waals surface area contributed by atoms with Gasteiger partial charge in [-0.2, -0.15) is 0 Å². The van der Waals surface area contributed by atoms with Gasteiger partial charge in [-0.15, -0.1) is 24.0 Å². The predicted octanol–water partition coefficient (Wildman–Crippen LogP) is 2.87. The molecule has 1 saturated carbocycles. The highest BCUT2D eigenvalue weighted by molar-refractivity contribution is 14.0. The van der Waals surface area contributed by atoms with Gasteiger partial charge >= 0.3 is 6.09 Å². The Morgan fingerprint density at radius 1 is 1.37 bits per heavy atom. The minimum Gasteiger partial charge on any atom is -0.453 e. The molecule has 1 aromatic rings. The molecule has 6 nitrogen and oxygen atoms in total. The molecular formula is C19H28FIN4O2. The first-order valence-electron chi connectivity index (χ1n) is 9.12. The molecule has 0 atom stereocenters.